The van der Waals surface area contributed by atoms with Gasteiger partial charge in [-0.1, -0.05) is 165 Å². The molecule has 0 radical (unpaired) electrons. The summed E-state index contributed by atoms with van der Waals surface area (Å²) in [4.78, 5) is 8.64. The lowest BCUT2D eigenvalue weighted by molar-refractivity contribution is 0.195. The average molecular weight is 1110 g/mol. The quantitative estimate of drug-likeness (QED) is 0.152. The van der Waals surface area contributed by atoms with E-state index in [1.54, 1.807) is 5.56 Å². The third kappa shape index (κ3) is 6.71. The molecule has 3 nitrogen and oxygen atoms in total. The van der Waals surface area contributed by atoms with E-state index in [1.807, 2.05) is 11.3 Å². The van der Waals surface area contributed by atoms with E-state index in [4.69, 9.17) is 0 Å². The van der Waals surface area contributed by atoms with Gasteiger partial charge in [0.2, 0.25) is 0 Å². The summed E-state index contributed by atoms with van der Waals surface area (Å²) in [6.07, 6.45) is 11.8. The minimum Gasteiger partial charge on any atom is -0.334 e. The highest BCUT2D eigenvalue weighted by atomic mass is 32.1. The fourth-order valence-electron chi connectivity index (χ4n) is 19.0. The molecule has 3 atom stereocenters. The minimum atomic E-state index is -0.223. The van der Waals surface area contributed by atoms with Crippen molar-refractivity contribution in [1.82, 2.24) is 0 Å². The Bertz CT molecular complexity index is 4230. The van der Waals surface area contributed by atoms with Gasteiger partial charge in [-0.05, 0) is 230 Å². The van der Waals surface area contributed by atoms with E-state index in [9.17, 15) is 0 Å². The van der Waals surface area contributed by atoms with Crippen molar-refractivity contribution < 1.29 is 0 Å². The molecule has 5 heteroatoms. The normalized spacial score (nSPS) is 25.7. The standard InChI is InChI=1S/C78H88BN3S/c1-45-36-52-57-43-61(45)81-60-27-25-49-48-22-18-19-23-66(48)83-69(49)68(60)79-59-41-54-55(74(11,12)33-32-73(54,9)10)42-63(59)80(46-24-26-50-53(37-46)72(7,8)31-30-71(50,5)6)64-38-47(39-65(81)67(64)79)82-62-44-56(76(57,15)35-34-75(52,13)14)51(70(2,3)4)40-58(62)77(16)28-20-21-29-78(77,82)17/h18-19,22-27,36-44H,20-21,28-35H2,1-17H3. The summed E-state index contributed by atoms with van der Waals surface area (Å²) in [5.74, 6) is 0. The lowest BCUT2D eigenvalue weighted by atomic mass is 9.33. The van der Waals surface area contributed by atoms with Gasteiger partial charge in [0.15, 0.2) is 0 Å². The molecule has 0 N–H and O–H groups in total. The van der Waals surface area contributed by atoms with Crippen molar-refractivity contribution in [1.29, 1.82) is 0 Å². The zero-order valence-corrected chi connectivity index (χ0v) is 54.0. The van der Waals surface area contributed by atoms with Gasteiger partial charge < -0.3 is 14.7 Å². The van der Waals surface area contributed by atoms with E-state index < -0.39 is 0 Å². The minimum absolute atomic E-state index is 0.0140. The maximum absolute atomic E-state index is 2.97. The summed E-state index contributed by atoms with van der Waals surface area (Å²) in [6.45, 7) is 43.1. The molecule has 8 aromatic rings. The molecule has 1 fully saturated rings. The second-order valence-corrected chi connectivity index (χ2v) is 34.0. The number of benzene rings is 7. The molecule has 16 rings (SSSR count). The zero-order chi connectivity index (χ0) is 58.0. The molecule has 0 spiro atoms. The summed E-state index contributed by atoms with van der Waals surface area (Å²) in [6, 6.07) is 44.1. The topological polar surface area (TPSA) is 9.72 Å². The molecule has 0 saturated heterocycles. The summed E-state index contributed by atoms with van der Waals surface area (Å²) in [7, 11) is 0. The molecule has 424 valence electrons. The molecular formula is C78H88BN3S. The molecule has 4 aliphatic heterocycles. The largest absolute Gasteiger partial charge is 0.334 e. The molecular weight excluding hydrogens is 1020 g/mol. The smallest absolute Gasteiger partial charge is 0.254 e. The maximum Gasteiger partial charge on any atom is 0.254 e. The van der Waals surface area contributed by atoms with Crippen LogP contribution in [0.2, 0.25) is 0 Å². The van der Waals surface area contributed by atoms with Gasteiger partial charge in [0.25, 0.3) is 6.71 Å². The Kier molecular flexibility index (Phi) is 10.3. The number of anilines is 8. The van der Waals surface area contributed by atoms with Gasteiger partial charge in [0.1, 0.15) is 0 Å². The first-order valence-corrected chi connectivity index (χ1v) is 33.0. The molecule has 8 aliphatic rings. The van der Waals surface area contributed by atoms with Crippen LogP contribution in [-0.4, -0.2) is 12.3 Å². The van der Waals surface area contributed by atoms with Gasteiger partial charge >= 0.3 is 0 Å². The van der Waals surface area contributed by atoms with Crippen LogP contribution in [0.4, 0.5) is 45.5 Å². The van der Waals surface area contributed by atoms with Crippen LogP contribution >= 0.6 is 11.3 Å². The van der Waals surface area contributed by atoms with Gasteiger partial charge in [-0.15, -0.1) is 11.3 Å². The SMILES string of the molecule is Cc1cc2c3cc1N1c4cc(cc5c4B(c4cc6c(cc4N5c4ccc5c(c4)C(C)(C)CCC5(C)C)C(C)(C)CCC6(C)C)c4c1ccc1c4sc4ccccc41)N1c4cc(c(C(C)(C)C)cc4C4(C)CCCCC14C)C3(C)CCC2(C)C. The number of fused-ring (bicyclic) bond motifs is 20. The first-order valence-electron chi connectivity index (χ1n) is 32.2. The van der Waals surface area contributed by atoms with Crippen LogP contribution in [0.25, 0.3) is 20.2 Å². The molecule has 7 aromatic carbocycles. The number of hydrogen-bond acceptors (Lipinski definition) is 4. The monoisotopic (exact) mass is 1110 g/mol. The van der Waals surface area contributed by atoms with Gasteiger partial charge in [0, 0.05) is 71.1 Å². The fourth-order valence-corrected chi connectivity index (χ4v) is 20.3. The molecule has 6 bridgehead atoms. The summed E-state index contributed by atoms with van der Waals surface area (Å²) in [5.41, 5.74) is 29.9. The Morgan fingerprint density at radius 1 is 0.434 bits per heavy atom. The van der Waals surface area contributed by atoms with E-state index in [0.29, 0.717) is 0 Å². The summed E-state index contributed by atoms with van der Waals surface area (Å²) >= 11 is 2.03. The van der Waals surface area contributed by atoms with Crippen molar-refractivity contribution in [2.45, 2.75) is 231 Å². The predicted molar refractivity (Wildman–Crippen MR) is 359 cm³/mol. The predicted octanol–water partition coefficient (Wildman–Crippen LogP) is 19.9. The van der Waals surface area contributed by atoms with Crippen LogP contribution < -0.4 is 31.1 Å². The van der Waals surface area contributed by atoms with Crippen LogP contribution in [-0.2, 0) is 43.3 Å². The van der Waals surface area contributed by atoms with E-state index >= 15 is 0 Å². The number of aryl methyl sites for hydroxylation is 1. The first-order chi connectivity index (χ1) is 39.0. The van der Waals surface area contributed by atoms with Crippen molar-refractivity contribution in [2.75, 3.05) is 14.7 Å². The molecule has 5 heterocycles. The van der Waals surface area contributed by atoms with Crippen molar-refractivity contribution in [2.24, 2.45) is 0 Å². The highest BCUT2D eigenvalue weighted by molar-refractivity contribution is 7.28. The number of thiophene rings is 1. The third-order valence-corrected chi connectivity index (χ3v) is 25.9. The Morgan fingerprint density at radius 2 is 1.02 bits per heavy atom. The fraction of sp³-hybridized carbons (Fsp3) is 0.462. The van der Waals surface area contributed by atoms with E-state index in [-0.39, 0.29) is 55.6 Å². The van der Waals surface area contributed by atoms with Crippen molar-refractivity contribution in [3.63, 3.8) is 0 Å². The second-order valence-electron chi connectivity index (χ2n) is 32.9. The van der Waals surface area contributed by atoms with Crippen LogP contribution in [0.15, 0.2) is 103 Å². The lowest BCUT2D eigenvalue weighted by Gasteiger charge is -2.52. The lowest BCUT2D eigenvalue weighted by Crippen LogP contribution is -2.62. The van der Waals surface area contributed by atoms with Gasteiger partial charge in [-0.25, -0.2) is 0 Å². The summed E-state index contributed by atoms with van der Waals surface area (Å²) in [5, 5.41) is 2.74. The van der Waals surface area contributed by atoms with Gasteiger partial charge in [-0.2, -0.15) is 0 Å². The molecule has 83 heavy (non-hydrogen) atoms. The van der Waals surface area contributed by atoms with Gasteiger partial charge in [-0.3, -0.25) is 0 Å². The zero-order valence-electron chi connectivity index (χ0n) is 53.2. The Balaban J connectivity index is 1.12. The molecule has 1 saturated carbocycles. The number of rotatable bonds is 1. The summed E-state index contributed by atoms with van der Waals surface area (Å²) < 4.78 is 2.79. The van der Waals surface area contributed by atoms with Crippen molar-refractivity contribution in [3.8, 4) is 0 Å². The van der Waals surface area contributed by atoms with Crippen LogP contribution in [0.5, 0.6) is 0 Å². The third-order valence-electron chi connectivity index (χ3n) is 24.7. The highest BCUT2D eigenvalue weighted by Crippen LogP contribution is 2.65. The second kappa shape index (κ2) is 16.2. The Morgan fingerprint density at radius 3 is 1.72 bits per heavy atom. The highest BCUT2D eigenvalue weighted by Gasteiger charge is 2.60. The average Bonchev–Trinajstić information content (AvgIpc) is 1.72. The molecule has 3 unspecified atom stereocenters. The van der Waals surface area contributed by atoms with Crippen LogP contribution in [0.3, 0.4) is 0 Å². The van der Waals surface area contributed by atoms with Gasteiger partial charge in [0.05, 0.1) is 5.54 Å². The number of nitrogens with zero attached hydrogens (tertiary/aromatic N) is 3. The van der Waals surface area contributed by atoms with E-state index in [0.717, 1.165) is 19.3 Å². The van der Waals surface area contributed by atoms with Crippen molar-refractivity contribution in [3.05, 3.63) is 159 Å². The van der Waals surface area contributed by atoms with E-state index in [1.165, 1.54) is 177 Å². The first kappa shape index (κ1) is 52.8. The van der Waals surface area contributed by atoms with Crippen molar-refractivity contribution >= 4 is 100 Å². The van der Waals surface area contributed by atoms with Crippen LogP contribution in [0.1, 0.15) is 231 Å². The molecule has 4 aliphatic carbocycles. The van der Waals surface area contributed by atoms with E-state index in [2.05, 4.69) is 236 Å². The number of hydrogen-bond donors (Lipinski definition) is 0. The Labute approximate surface area is 501 Å². The maximum atomic E-state index is 2.97. The molecule has 1 aromatic heterocycles. The Hall–Kier alpha value is -5.78. The molecule has 0 amide bonds. The van der Waals surface area contributed by atoms with Crippen LogP contribution in [0, 0.1) is 6.92 Å².